The van der Waals surface area contributed by atoms with E-state index in [4.69, 9.17) is 0 Å². The first kappa shape index (κ1) is 70.7. The molecule has 440 valence electrons. The monoisotopic (exact) mass is 1290 g/mol. The molecule has 4 fully saturated rings. The summed E-state index contributed by atoms with van der Waals surface area (Å²) >= 11 is 3.48. The summed E-state index contributed by atoms with van der Waals surface area (Å²) < 4.78 is 3.80. The maximum absolute atomic E-state index is 3.53. The Balaban J connectivity index is 0.000000190. The summed E-state index contributed by atoms with van der Waals surface area (Å²) in [5.74, 6) is 4.35. The van der Waals surface area contributed by atoms with Crippen molar-refractivity contribution in [3.8, 4) is 22.3 Å². The van der Waals surface area contributed by atoms with Crippen LogP contribution in [0.5, 0.6) is 0 Å². The summed E-state index contributed by atoms with van der Waals surface area (Å²) in [5.41, 5.74) is 17.5. The van der Waals surface area contributed by atoms with Crippen molar-refractivity contribution in [2.24, 2.45) is 23.7 Å². The molecule has 8 aliphatic rings. The maximum atomic E-state index is 3.53. The van der Waals surface area contributed by atoms with Gasteiger partial charge < -0.3 is 24.8 Å². The van der Waals surface area contributed by atoms with Crippen molar-refractivity contribution in [2.75, 3.05) is 0 Å². The molecule has 4 heteroatoms. The van der Waals surface area contributed by atoms with Crippen LogP contribution in [0.25, 0.3) is 22.3 Å². The standard InChI is InChI=1S/2C21H25.2C13H22.2C5H5.2ClH.2Zr/c2*1-20(2,3)16-9-7-14-11-15-8-10-17(21(4,5)6)13-19(15)18(14)12-16;2*1-2-7-12(6-1)10-5-11-13-8-3-4-9-13;2*1-2-4-5-3-1;;;;/h2*7,9-10,12-13H,11H2,1-6H3;2*12-13H,1-4,6-11H2;2*1-3H,4H2;2*1H;;/q2*-1;;;2*-1;;;2*+2/p-2. The molecule has 0 unspecified atom stereocenters. The minimum atomic E-state index is 0. The molecule has 0 heterocycles. The van der Waals surface area contributed by atoms with Crippen LogP contribution in [-0.2, 0) is 83.0 Å². The second kappa shape index (κ2) is 33.3. The van der Waals surface area contributed by atoms with E-state index >= 15 is 0 Å². The Morgan fingerprint density at radius 2 is 0.683 bits per heavy atom. The van der Waals surface area contributed by atoms with Crippen molar-refractivity contribution < 1.29 is 73.3 Å². The first-order chi connectivity index (χ1) is 38.0. The predicted octanol–water partition coefficient (Wildman–Crippen LogP) is 15.7. The third kappa shape index (κ3) is 22.3. The molecule has 0 spiro atoms. The molecule has 0 N–H and O–H groups in total. The zero-order valence-corrected chi connectivity index (χ0v) is 59.7. The minimum absolute atomic E-state index is 0. The van der Waals surface area contributed by atoms with Crippen LogP contribution < -0.4 is 24.8 Å². The summed E-state index contributed by atoms with van der Waals surface area (Å²) in [6.45, 7) is 27.3. The molecule has 0 saturated heterocycles. The molecule has 4 saturated carbocycles. The zero-order chi connectivity index (χ0) is 57.5. The molecule has 8 aliphatic carbocycles. The molecule has 82 heavy (non-hydrogen) atoms. The molecule has 0 radical (unpaired) electrons. The number of fused-ring (bicyclic) bond motifs is 6. The average Bonchev–Trinajstić information content (AvgIpc) is 4.44. The summed E-state index contributed by atoms with van der Waals surface area (Å²) in [6, 6.07) is 30.1. The first-order valence-electron chi connectivity index (χ1n) is 31.9. The van der Waals surface area contributed by atoms with E-state index in [0.717, 1.165) is 49.4 Å². The Bertz CT molecular complexity index is 2390. The summed E-state index contributed by atoms with van der Waals surface area (Å²) in [6.07, 6.45) is 52.4. The van der Waals surface area contributed by atoms with E-state index < -0.39 is 0 Å². The van der Waals surface area contributed by atoms with E-state index in [2.05, 4.69) is 180 Å². The number of hydrogen-bond donors (Lipinski definition) is 0. The third-order valence-corrected chi connectivity index (χ3v) is 20.3. The van der Waals surface area contributed by atoms with Gasteiger partial charge in [0, 0.05) is 0 Å². The van der Waals surface area contributed by atoms with Gasteiger partial charge in [0.1, 0.15) is 0 Å². The van der Waals surface area contributed by atoms with Crippen molar-refractivity contribution in [1.29, 1.82) is 0 Å². The first-order valence-corrected chi connectivity index (χ1v) is 34.4. The zero-order valence-electron chi connectivity index (χ0n) is 53.3. The quantitative estimate of drug-likeness (QED) is 0.133. The van der Waals surface area contributed by atoms with E-state index in [1.165, 1.54) is 195 Å². The molecule has 0 amide bonds. The Labute approximate surface area is 545 Å². The van der Waals surface area contributed by atoms with Crippen LogP contribution in [0.4, 0.5) is 0 Å². The molecule has 0 bridgehead atoms. The SMILES string of the molecule is CC(C)(C)c1c[c-]c2c(c1)-c1cc(C(C)(C)C)ccc1C2.CC(C)(C)c1c[c-]c2c(c1)-c1cc(C(C)(C)C)ccc1C2.[C-]1=CC=CC1.[C-]1=CC=CC1.[Cl-].[Cl-].[Zr+2]=[C](CC1CCCC1)CC1CCCC1.[Zr+2]=[C](CC1CCCC1)CC1CCCC1. The molecule has 0 nitrogen and oxygen atoms in total. The van der Waals surface area contributed by atoms with E-state index in [-0.39, 0.29) is 46.5 Å². The van der Waals surface area contributed by atoms with Gasteiger partial charge in [-0.1, -0.05) is 153 Å². The number of halogens is 2. The number of allylic oxidation sites excluding steroid dienone is 8. The fourth-order valence-electron chi connectivity index (χ4n) is 13.1. The van der Waals surface area contributed by atoms with Crippen LogP contribution >= 0.6 is 0 Å². The topological polar surface area (TPSA) is 0 Å². The Morgan fingerprint density at radius 3 is 0.915 bits per heavy atom. The van der Waals surface area contributed by atoms with Crippen molar-refractivity contribution in [1.82, 2.24) is 0 Å². The predicted molar refractivity (Wildman–Crippen MR) is 341 cm³/mol. The molecule has 12 rings (SSSR count). The van der Waals surface area contributed by atoms with Gasteiger partial charge >= 0.3 is 207 Å². The van der Waals surface area contributed by atoms with Gasteiger partial charge in [0.05, 0.1) is 0 Å². The summed E-state index contributed by atoms with van der Waals surface area (Å²) in [7, 11) is 0. The van der Waals surface area contributed by atoms with Crippen LogP contribution in [0.15, 0.2) is 97.1 Å². The molecule has 0 atom stereocenters. The van der Waals surface area contributed by atoms with E-state index in [1.54, 1.807) is 48.5 Å². The Hall–Kier alpha value is -2.07. The van der Waals surface area contributed by atoms with Gasteiger partial charge in [0.2, 0.25) is 0 Å². The molecular formula is C78H104Cl2Zr2-2. The second-order valence-electron chi connectivity index (χ2n) is 29.3. The summed E-state index contributed by atoms with van der Waals surface area (Å²) in [4.78, 5) is 0. The Kier molecular flexibility index (Phi) is 28.7. The van der Waals surface area contributed by atoms with Gasteiger partial charge in [-0.2, -0.15) is 70.8 Å². The molecule has 4 aromatic rings. The second-order valence-corrected chi connectivity index (χ2v) is 32.8. The molecular weight excluding hydrogens is 1190 g/mol. The number of rotatable bonds is 8. The van der Waals surface area contributed by atoms with Crippen molar-refractivity contribution in [2.45, 2.75) is 259 Å². The van der Waals surface area contributed by atoms with Crippen LogP contribution in [0.1, 0.15) is 269 Å². The average molecular weight is 1300 g/mol. The number of benzene rings is 4. The van der Waals surface area contributed by atoms with E-state index in [9.17, 15) is 0 Å². The van der Waals surface area contributed by atoms with Gasteiger partial charge in [-0.05, 0) is 34.8 Å². The van der Waals surface area contributed by atoms with Gasteiger partial charge in [-0.15, -0.1) is 24.0 Å². The van der Waals surface area contributed by atoms with Crippen LogP contribution in [0.2, 0.25) is 0 Å². The third-order valence-electron chi connectivity index (χ3n) is 18.3. The van der Waals surface area contributed by atoms with Crippen LogP contribution in [0, 0.1) is 48.0 Å². The van der Waals surface area contributed by atoms with Crippen molar-refractivity contribution in [3.63, 3.8) is 0 Å². The van der Waals surface area contributed by atoms with Gasteiger partial charge in [0.25, 0.3) is 0 Å². The van der Waals surface area contributed by atoms with Gasteiger partial charge in [-0.25, -0.2) is 24.3 Å². The van der Waals surface area contributed by atoms with E-state index in [0.29, 0.717) is 0 Å². The van der Waals surface area contributed by atoms with Crippen molar-refractivity contribution in [3.05, 3.63) is 166 Å². The summed E-state index contributed by atoms with van der Waals surface area (Å²) in [5, 5.41) is 0. The van der Waals surface area contributed by atoms with Gasteiger partial charge in [0.15, 0.2) is 0 Å². The molecule has 0 aliphatic heterocycles. The normalized spacial score (nSPS) is 17.8. The van der Waals surface area contributed by atoms with Crippen LogP contribution in [-0.4, -0.2) is 6.41 Å². The Morgan fingerprint density at radius 1 is 0.402 bits per heavy atom. The molecule has 0 aromatic heterocycles. The fourth-order valence-corrected chi connectivity index (χ4v) is 15.9. The molecule has 4 aromatic carbocycles. The number of hydrogen-bond acceptors (Lipinski definition) is 0. The van der Waals surface area contributed by atoms with Crippen LogP contribution in [0.3, 0.4) is 0 Å². The fraction of sp³-hybridized carbons (Fsp3) is 0.564. The van der Waals surface area contributed by atoms with Gasteiger partial charge in [-0.3, -0.25) is 12.2 Å². The van der Waals surface area contributed by atoms with Crippen molar-refractivity contribution >= 4 is 6.41 Å². The van der Waals surface area contributed by atoms with E-state index in [1.807, 2.05) is 30.7 Å².